The number of nitrogens with one attached hydrogen (secondary N) is 2. The monoisotopic (exact) mass is 549 g/mol. The summed E-state index contributed by atoms with van der Waals surface area (Å²) in [6, 6.07) is 18.5. The third-order valence-electron chi connectivity index (χ3n) is 7.22. The highest BCUT2D eigenvalue weighted by Gasteiger charge is 2.15. The first-order chi connectivity index (χ1) is 20.1. The second kappa shape index (κ2) is 16.2. The van der Waals surface area contributed by atoms with Crippen LogP contribution in [0.5, 0.6) is 5.75 Å². The SMILES string of the molecule is CCCCCCCCCCCCNC(=O)/C=C/c1ccc(-c2[nH]c(-c3cccnc3)nc2-c2ccc([O])cc2)cc1. The first-order valence-electron chi connectivity index (χ1n) is 15.0. The Hall–Kier alpha value is -4.19. The zero-order valence-electron chi connectivity index (χ0n) is 24.1. The zero-order chi connectivity index (χ0) is 28.7. The lowest BCUT2D eigenvalue weighted by Crippen LogP contribution is -2.21. The molecule has 4 rings (SSSR count). The van der Waals surface area contributed by atoms with Crippen molar-refractivity contribution in [3.8, 4) is 39.7 Å². The molecule has 1 radical (unpaired) electrons. The van der Waals surface area contributed by atoms with E-state index in [4.69, 9.17) is 4.98 Å². The Balaban J connectivity index is 1.30. The Bertz CT molecular complexity index is 1360. The van der Waals surface area contributed by atoms with Crippen LogP contribution >= 0.6 is 0 Å². The second-order valence-electron chi connectivity index (χ2n) is 10.5. The van der Waals surface area contributed by atoms with Gasteiger partial charge in [0.25, 0.3) is 0 Å². The Morgan fingerprint density at radius 2 is 1.46 bits per heavy atom. The van der Waals surface area contributed by atoms with Crippen molar-refractivity contribution in [3.05, 3.63) is 84.7 Å². The molecule has 0 spiro atoms. The number of hydrogen-bond acceptors (Lipinski definition) is 3. The molecule has 4 aromatic rings. The van der Waals surface area contributed by atoms with E-state index in [1.54, 1.807) is 42.7 Å². The molecule has 0 bridgehead atoms. The van der Waals surface area contributed by atoms with Crippen molar-refractivity contribution in [3.63, 3.8) is 0 Å². The fraction of sp³-hybridized carbons (Fsp3) is 0.343. The van der Waals surface area contributed by atoms with Gasteiger partial charge in [-0.3, -0.25) is 14.9 Å². The molecule has 2 aromatic carbocycles. The van der Waals surface area contributed by atoms with E-state index in [-0.39, 0.29) is 11.7 Å². The molecule has 2 N–H and O–H groups in total. The fourth-order valence-corrected chi connectivity index (χ4v) is 4.86. The Labute approximate surface area is 244 Å². The highest BCUT2D eigenvalue weighted by molar-refractivity contribution is 5.91. The van der Waals surface area contributed by atoms with Gasteiger partial charge >= 0.3 is 0 Å². The van der Waals surface area contributed by atoms with Gasteiger partial charge < -0.3 is 10.3 Å². The van der Waals surface area contributed by atoms with Crippen LogP contribution in [0.15, 0.2) is 79.1 Å². The maximum atomic E-state index is 12.3. The molecule has 41 heavy (non-hydrogen) atoms. The third-order valence-corrected chi connectivity index (χ3v) is 7.22. The van der Waals surface area contributed by atoms with Crippen LogP contribution in [-0.4, -0.2) is 27.4 Å². The van der Waals surface area contributed by atoms with Crippen molar-refractivity contribution < 1.29 is 9.90 Å². The summed E-state index contributed by atoms with van der Waals surface area (Å²) in [5.74, 6) is 0.600. The number of aromatic nitrogens is 3. The zero-order valence-corrected chi connectivity index (χ0v) is 24.1. The lowest BCUT2D eigenvalue weighted by Gasteiger charge is -2.05. The number of imidazole rings is 1. The fourth-order valence-electron chi connectivity index (χ4n) is 4.86. The summed E-state index contributed by atoms with van der Waals surface area (Å²) in [4.78, 5) is 24.8. The largest absolute Gasteiger partial charge is 0.353 e. The van der Waals surface area contributed by atoms with Crippen molar-refractivity contribution in [1.29, 1.82) is 0 Å². The summed E-state index contributed by atoms with van der Waals surface area (Å²) in [5, 5.41) is 14.7. The second-order valence-corrected chi connectivity index (χ2v) is 10.5. The summed E-state index contributed by atoms with van der Waals surface area (Å²) in [5.41, 5.74) is 5.24. The van der Waals surface area contributed by atoms with E-state index in [0.717, 1.165) is 40.1 Å². The number of amides is 1. The summed E-state index contributed by atoms with van der Waals surface area (Å²) >= 11 is 0. The van der Waals surface area contributed by atoms with E-state index in [1.165, 1.54) is 57.8 Å². The minimum atomic E-state index is -0.0659. The van der Waals surface area contributed by atoms with Crippen LogP contribution in [0.25, 0.3) is 40.0 Å². The molecule has 0 saturated carbocycles. The number of nitrogens with zero attached hydrogens (tertiary/aromatic N) is 2. The number of rotatable bonds is 16. The summed E-state index contributed by atoms with van der Waals surface area (Å²) in [7, 11) is 0. The summed E-state index contributed by atoms with van der Waals surface area (Å²) in [6.45, 7) is 2.97. The molecule has 0 aliphatic carbocycles. The number of benzene rings is 2. The average molecular weight is 550 g/mol. The van der Waals surface area contributed by atoms with Gasteiger partial charge in [-0.15, -0.1) is 0 Å². The van der Waals surface area contributed by atoms with Crippen LogP contribution in [0.1, 0.15) is 76.7 Å². The van der Waals surface area contributed by atoms with E-state index in [2.05, 4.69) is 22.2 Å². The van der Waals surface area contributed by atoms with Gasteiger partial charge in [0.05, 0.1) is 11.4 Å². The van der Waals surface area contributed by atoms with Crippen molar-refractivity contribution in [1.82, 2.24) is 20.3 Å². The van der Waals surface area contributed by atoms with E-state index in [1.807, 2.05) is 42.5 Å². The van der Waals surface area contributed by atoms with E-state index >= 15 is 0 Å². The van der Waals surface area contributed by atoms with Crippen molar-refractivity contribution in [2.75, 3.05) is 6.54 Å². The number of carbonyl (C=O) groups is 1. The van der Waals surface area contributed by atoms with Crippen LogP contribution in [0, 0.1) is 0 Å². The van der Waals surface area contributed by atoms with Crippen LogP contribution in [-0.2, 0) is 9.90 Å². The van der Waals surface area contributed by atoms with E-state index in [0.29, 0.717) is 12.4 Å². The predicted molar refractivity (Wildman–Crippen MR) is 167 cm³/mol. The molecule has 6 heteroatoms. The van der Waals surface area contributed by atoms with Gasteiger partial charge in [0.15, 0.2) is 5.75 Å². The third kappa shape index (κ3) is 9.45. The smallest absolute Gasteiger partial charge is 0.243 e. The van der Waals surface area contributed by atoms with Gasteiger partial charge in [-0.05, 0) is 54.5 Å². The maximum absolute atomic E-state index is 12.3. The van der Waals surface area contributed by atoms with Gasteiger partial charge in [-0.25, -0.2) is 4.98 Å². The van der Waals surface area contributed by atoms with Crippen molar-refractivity contribution in [2.45, 2.75) is 71.1 Å². The van der Waals surface area contributed by atoms with Gasteiger partial charge in [0.2, 0.25) is 5.91 Å². The molecule has 2 heterocycles. The van der Waals surface area contributed by atoms with Crippen LogP contribution < -0.4 is 5.32 Å². The molecule has 6 nitrogen and oxygen atoms in total. The topological polar surface area (TPSA) is 90.6 Å². The van der Waals surface area contributed by atoms with E-state index < -0.39 is 0 Å². The van der Waals surface area contributed by atoms with Crippen LogP contribution in [0.2, 0.25) is 0 Å². The molecule has 0 unspecified atom stereocenters. The Kier molecular flexibility index (Phi) is 11.7. The summed E-state index contributed by atoms with van der Waals surface area (Å²) < 4.78 is 0. The quantitative estimate of drug-likeness (QED) is 0.108. The molecule has 0 saturated heterocycles. The molecule has 0 aliphatic heterocycles. The number of aromatic amines is 1. The lowest BCUT2D eigenvalue weighted by molar-refractivity contribution is -0.116. The molecule has 0 atom stereocenters. The Morgan fingerprint density at radius 1 is 0.805 bits per heavy atom. The first-order valence-corrected chi connectivity index (χ1v) is 15.0. The van der Waals surface area contributed by atoms with Crippen LogP contribution in [0.3, 0.4) is 0 Å². The maximum Gasteiger partial charge on any atom is 0.243 e. The van der Waals surface area contributed by atoms with Gasteiger partial charge in [-0.2, -0.15) is 0 Å². The van der Waals surface area contributed by atoms with Crippen LogP contribution in [0.4, 0.5) is 0 Å². The van der Waals surface area contributed by atoms with Crippen molar-refractivity contribution in [2.24, 2.45) is 0 Å². The molecule has 2 aromatic heterocycles. The average Bonchev–Trinajstić information content (AvgIpc) is 3.45. The molecule has 213 valence electrons. The van der Waals surface area contributed by atoms with E-state index in [9.17, 15) is 9.90 Å². The number of H-pyrrole nitrogens is 1. The van der Waals surface area contributed by atoms with Gasteiger partial charge in [0.1, 0.15) is 5.82 Å². The van der Waals surface area contributed by atoms with Gasteiger partial charge in [-0.1, -0.05) is 89.0 Å². The number of pyridine rings is 1. The first kappa shape index (κ1) is 29.8. The lowest BCUT2D eigenvalue weighted by atomic mass is 10.0. The minimum absolute atomic E-state index is 0.0398. The number of hydrogen-bond donors (Lipinski definition) is 2. The van der Waals surface area contributed by atoms with Gasteiger partial charge in [0, 0.05) is 41.7 Å². The summed E-state index contributed by atoms with van der Waals surface area (Å²) in [6.07, 6.45) is 19.8. The van der Waals surface area contributed by atoms with Crippen molar-refractivity contribution >= 4 is 12.0 Å². The standard InChI is InChI=1S/C35H41N4O2/c1-2-3-4-5-6-7-8-9-10-11-25-37-32(41)23-16-27-14-17-28(18-15-27)33-34(29-19-21-31(40)22-20-29)39-35(38-33)30-13-12-24-36-26-30/h12-24,26H,2-11,25H2,1H3,(H,37,41)(H,38,39)/b23-16+. The number of carbonyl (C=O) groups excluding carboxylic acids is 1. The highest BCUT2D eigenvalue weighted by Crippen LogP contribution is 2.33. The molecular formula is C35H41N4O2. The highest BCUT2D eigenvalue weighted by atomic mass is 16.3. The normalized spacial score (nSPS) is 11.2. The number of unbranched alkanes of at least 4 members (excludes halogenated alkanes) is 9. The molecular weight excluding hydrogens is 508 g/mol. The molecule has 0 aliphatic rings. The molecule has 0 fully saturated rings. The minimum Gasteiger partial charge on any atom is -0.353 e. The predicted octanol–water partition coefficient (Wildman–Crippen LogP) is 9.00. The Morgan fingerprint density at radius 3 is 2.12 bits per heavy atom. The molecule has 1 amide bonds.